The van der Waals surface area contributed by atoms with Crippen LogP contribution in [0.15, 0.2) is 60.8 Å². The summed E-state index contributed by atoms with van der Waals surface area (Å²) in [5.74, 6) is 3.12. The van der Waals surface area contributed by atoms with E-state index in [0.29, 0.717) is 80.5 Å². The molecule has 0 saturated heterocycles. The van der Waals surface area contributed by atoms with Crippen molar-refractivity contribution in [2.24, 2.45) is 0 Å². The third-order valence-corrected chi connectivity index (χ3v) is 5.87. The molecule has 0 amide bonds. The van der Waals surface area contributed by atoms with E-state index in [1.165, 1.54) is 6.20 Å². The van der Waals surface area contributed by atoms with Gasteiger partial charge in [-0.3, -0.25) is 4.98 Å². The number of alkyl halides is 1. The molecule has 7 nitrogen and oxygen atoms in total. The van der Waals surface area contributed by atoms with Crippen LogP contribution in [0.4, 0.5) is 11.4 Å². The van der Waals surface area contributed by atoms with E-state index in [0.717, 1.165) is 0 Å². The Hall–Kier alpha value is -3.86. The van der Waals surface area contributed by atoms with Gasteiger partial charge in [0.2, 0.25) is 0 Å². The molecule has 4 rings (SSSR count). The van der Waals surface area contributed by atoms with Crippen LogP contribution in [0.1, 0.15) is 12.0 Å². The number of anilines is 2. The maximum atomic E-state index is 9.78. The summed E-state index contributed by atoms with van der Waals surface area (Å²) in [6.45, 7) is 0.444. The first-order valence-corrected chi connectivity index (χ1v) is 12.0. The molecule has 1 N–H and O–H groups in total. The van der Waals surface area contributed by atoms with Crippen LogP contribution in [0, 0.1) is 11.3 Å². The highest BCUT2D eigenvalue weighted by molar-refractivity contribution is 6.33. The lowest BCUT2D eigenvalue weighted by molar-refractivity contribution is 0.295. The molecule has 184 valence electrons. The summed E-state index contributed by atoms with van der Waals surface area (Å²) in [7, 11) is 3.10. The second kappa shape index (κ2) is 11.7. The Morgan fingerprint density at radius 1 is 0.972 bits per heavy atom. The Kier molecular flexibility index (Phi) is 8.21. The van der Waals surface area contributed by atoms with Crippen LogP contribution in [0.5, 0.6) is 28.7 Å². The highest BCUT2D eigenvalue weighted by atomic mass is 35.5. The first kappa shape index (κ1) is 25.2. The summed E-state index contributed by atoms with van der Waals surface area (Å²) in [6, 6.07) is 18.4. The molecular weight excluding hydrogens is 501 g/mol. The SMILES string of the molecule is COc1cc2c(Nc3cc(OC)c(Oc4ccccc4)cc3Cl)c(C#N)cnc2cc1OCCCCl. The van der Waals surface area contributed by atoms with Crippen molar-refractivity contribution in [1.29, 1.82) is 5.26 Å². The predicted octanol–water partition coefficient (Wildman–Crippen LogP) is 7.32. The Bertz CT molecular complexity index is 1410. The second-order valence-electron chi connectivity index (χ2n) is 7.59. The third-order valence-electron chi connectivity index (χ3n) is 5.29. The second-order valence-corrected chi connectivity index (χ2v) is 8.38. The summed E-state index contributed by atoms with van der Waals surface area (Å²) in [6.07, 6.45) is 2.19. The van der Waals surface area contributed by atoms with Crippen LogP contribution in [-0.4, -0.2) is 31.7 Å². The van der Waals surface area contributed by atoms with Crippen LogP contribution in [0.2, 0.25) is 5.02 Å². The zero-order valence-corrected chi connectivity index (χ0v) is 21.2. The molecule has 0 aliphatic carbocycles. The van der Waals surface area contributed by atoms with E-state index in [9.17, 15) is 5.26 Å². The van der Waals surface area contributed by atoms with E-state index >= 15 is 0 Å². The average Bonchev–Trinajstić information content (AvgIpc) is 2.90. The van der Waals surface area contributed by atoms with Crippen molar-refractivity contribution in [2.75, 3.05) is 32.0 Å². The van der Waals surface area contributed by atoms with E-state index in [1.807, 2.05) is 30.3 Å². The van der Waals surface area contributed by atoms with Gasteiger partial charge in [0.1, 0.15) is 11.8 Å². The minimum Gasteiger partial charge on any atom is -0.493 e. The number of hydrogen-bond donors (Lipinski definition) is 1. The molecule has 0 aliphatic heterocycles. The lowest BCUT2D eigenvalue weighted by Gasteiger charge is -2.17. The lowest BCUT2D eigenvalue weighted by atomic mass is 10.1. The number of para-hydroxylation sites is 1. The molecule has 0 radical (unpaired) electrons. The molecule has 0 saturated carbocycles. The van der Waals surface area contributed by atoms with Gasteiger partial charge in [-0.15, -0.1) is 11.6 Å². The van der Waals surface area contributed by atoms with Crippen LogP contribution < -0.4 is 24.3 Å². The quantitative estimate of drug-likeness (QED) is 0.172. The van der Waals surface area contributed by atoms with Gasteiger partial charge in [-0.1, -0.05) is 29.8 Å². The van der Waals surface area contributed by atoms with Gasteiger partial charge in [-0.2, -0.15) is 5.26 Å². The fraction of sp³-hybridized carbons (Fsp3) is 0.185. The average molecular weight is 524 g/mol. The Morgan fingerprint density at radius 2 is 1.72 bits per heavy atom. The van der Waals surface area contributed by atoms with E-state index in [2.05, 4.69) is 16.4 Å². The molecular formula is C27H23Cl2N3O4. The number of ether oxygens (including phenoxy) is 4. The van der Waals surface area contributed by atoms with Crippen LogP contribution in [0.3, 0.4) is 0 Å². The number of nitriles is 1. The number of fused-ring (bicyclic) bond motifs is 1. The first-order chi connectivity index (χ1) is 17.6. The van der Waals surface area contributed by atoms with Crippen molar-refractivity contribution in [3.05, 3.63) is 71.4 Å². The number of nitrogens with one attached hydrogen (secondary N) is 1. The number of aromatic nitrogens is 1. The summed E-state index contributed by atoms with van der Waals surface area (Å²) in [4.78, 5) is 4.43. The maximum Gasteiger partial charge on any atom is 0.170 e. The molecule has 0 aliphatic rings. The predicted molar refractivity (Wildman–Crippen MR) is 142 cm³/mol. The number of rotatable bonds is 10. The number of nitrogens with zero attached hydrogens (tertiary/aromatic N) is 2. The van der Waals surface area contributed by atoms with E-state index in [4.69, 9.17) is 42.1 Å². The van der Waals surface area contributed by atoms with Gasteiger partial charge in [0.25, 0.3) is 0 Å². The summed E-state index contributed by atoms with van der Waals surface area (Å²) in [5, 5.41) is 14.1. The smallest absolute Gasteiger partial charge is 0.170 e. The number of methoxy groups -OCH3 is 2. The van der Waals surface area contributed by atoms with Crippen LogP contribution >= 0.6 is 23.2 Å². The van der Waals surface area contributed by atoms with Gasteiger partial charge in [0.15, 0.2) is 23.0 Å². The number of pyridine rings is 1. The molecule has 0 unspecified atom stereocenters. The van der Waals surface area contributed by atoms with Gasteiger partial charge in [0, 0.05) is 35.7 Å². The van der Waals surface area contributed by atoms with Crippen molar-refractivity contribution in [3.63, 3.8) is 0 Å². The van der Waals surface area contributed by atoms with Crippen LogP contribution in [0.25, 0.3) is 10.9 Å². The monoisotopic (exact) mass is 523 g/mol. The molecule has 0 bridgehead atoms. The van der Waals surface area contributed by atoms with Crippen molar-refractivity contribution >= 4 is 45.5 Å². The maximum absolute atomic E-state index is 9.78. The molecule has 0 atom stereocenters. The van der Waals surface area contributed by atoms with Gasteiger partial charge in [0.05, 0.1) is 48.3 Å². The molecule has 0 fully saturated rings. The van der Waals surface area contributed by atoms with Crippen LogP contribution in [-0.2, 0) is 0 Å². The highest BCUT2D eigenvalue weighted by Crippen LogP contribution is 2.42. The molecule has 4 aromatic rings. The van der Waals surface area contributed by atoms with Crippen molar-refractivity contribution in [3.8, 4) is 34.8 Å². The van der Waals surface area contributed by atoms with Gasteiger partial charge < -0.3 is 24.3 Å². The van der Waals surface area contributed by atoms with Gasteiger partial charge in [-0.05, 0) is 24.6 Å². The van der Waals surface area contributed by atoms with Crippen molar-refractivity contribution < 1.29 is 18.9 Å². The van der Waals surface area contributed by atoms with E-state index < -0.39 is 0 Å². The molecule has 3 aromatic carbocycles. The summed E-state index contributed by atoms with van der Waals surface area (Å²) in [5.41, 5.74) is 2.00. The van der Waals surface area contributed by atoms with Gasteiger partial charge >= 0.3 is 0 Å². The van der Waals surface area contributed by atoms with Gasteiger partial charge in [-0.25, -0.2) is 0 Å². The fourth-order valence-corrected chi connectivity index (χ4v) is 3.86. The molecule has 1 heterocycles. The molecule has 1 aromatic heterocycles. The number of benzene rings is 3. The molecule has 0 spiro atoms. The summed E-state index contributed by atoms with van der Waals surface area (Å²) < 4.78 is 22.8. The Labute approximate surface area is 219 Å². The Morgan fingerprint density at radius 3 is 2.42 bits per heavy atom. The number of halogens is 2. The topological polar surface area (TPSA) is 85.6 Å². The Balaban J connectivity index is 1.75. The summed E-state index contributed by atoms with van der Waals surface area (Å²) >= 11 is 12.4. The standard InChI is InChI=1S/C27H23Cl2N3O4/c1-33-23-11-19-21(13-25(23)35-10-6-9-28)31-16-17(15-30)27(19)32-22-14-24(34-2)26(12-20(22)29)36-18-7-4-3-5-8-18/h3-5,7-8,11-14,16H,6,9-10H2,1-2H3,(H,31,32). The fourth-order valence-electron chi connectivity index (χ4n) is 3.55. The highest BCUT2D eigenvalue weighted by Gasteiger charge is 2.17. The zero-order valence-electron chi connectivity index (χ0n) is 19.7. The lowest BCUT2D eigenvalue weighted by Crippen LogP contribution is -2.02. The van der Waals surface area contributed by atoms with Crippen molar-refractivity contribution in [1.82, 2.24) is 4.98 Å². The third kappa shape index (κ3) is 5.51. The minimum atomic E-state index is 0.333. The van der Waals surface area contributed by atoms with Crippen molar-refractivity contribution in [2.45, 2.75) is 6.42 Å². The minimum absolute atomic E-state index is 0.333. The largest absolute Gasteiger partial charge is 0.493 e. The number of hydrogen-bond acceptors (Lipinski definition) is 7. The zero-order chi connectivity index (χ0) is 25.5. The molecule has 36 heavy (non-hydrogen) atoms. The first-order valence-electron chi connectivity index (χ1n) is 11.0. The van der Waals surface area contributed by atoms with E-state index in [-0.39, 0.29) is 0 Å². The molecule has 9 heteroatoms. The normalized spacial score (nSPS) is 10.5. The van der Waals surface area contributed by atoms with E-state index in [1.54, 1.807) is 38.5 Å².